The molecule has 0 radical (unpaired) electrons. The Labute approximate surface area is 72.3 Å². The van der Waals surface area contributed by atoms with E-state index in [9.17, 15) is 8.42 Å². The molecule has 0 unspecified atom stereocenters. The Kier molecular flexibility index (Phi) is 2.52. The molecule has 0 amide bonds. The number of rotatable bonds is 3. The van der Waals surface area contributed by atoms with Crippen molar-refractivity contribution >= 4 is 10.0 Å². The molecular formula is C7H12N2O2S. The molecule has 1 aromatic rings. The zero-order valence-corrected chi connectivity index (χ0v) is 8.00. The van der Waals surface area contributed by atoms with Crippen LogP contribution in [0.4, 0.5) is 0 Å². The summed E-state index contributed by atoms with van der Waals surface area (Å²) in [5.41, 5.74) is 0. The Morgan fingerprint density at radius 1 is 1.50 bits per heavy atom. The highest BCUT2D eigenvalue weighted by Gasteiger charge is 2.12. The summed E-state index contributed by atoms with van der Waals surface area (Å²) in [6.45, 7) is 3.50. The highest BCUT2D eigenvalue weighted by Crippen LogP contribution is 2.03. The minimum absolute atomic E-state index is 0.107. The van der Waals surface area contributed by atoms with Gasteiger partial charge in [-0.3, -0.25) is 0 Å². The first-order valence-corrected chi connectivity index (χ1v) is 5.48. The van der Waals surface area contributed by atoms with Crippen LogP contribution in [0.1, 0.15) is 19.7 Å². The predicted molar refractivity (Wildman–Crippen MR) is 46.5 cm³/mol. The van der Waals surface area contributed by atoms with Crippen LogP contribution in [0.15, 0.2) is 12.4 Å². The van der Waals surface area contributed by atoms with Gasteiger partial charge in [0.1, 0.15) is 5.82 Å². The number of hydrogen-bond donors (Lipinski definition) is 0. The Balaban J connectivity index is 3.19. The molecule has 0 aliphatic rings. The fourth-order valence-corrected chi connectivity index (χ4v) is 1.98. The van der Waals surface area contributed by atoms with E-state index in [2.05, 4.69) is 4.98 Å². The molecule has 1 heterocycles. The first-order valence-electron chi connectivity index (χ1n) is 3.87. The van der Waals surface area contributed by atoms with Crippen LogP contribution in [0.25, 0.3) is 0 Å². The van der Waals surface area contributed by atoms with E-state index in [4.69, 9.17) is 0 Å². The van der Waals surface area contributed by atoms with Crippen molar-refractivity contribution in [3.05, 3.63) is 18.2 Å². The molecule has 0 saturated carbocycles. The normalized spacial score (nSPS) is 11.8. The zero-order valence-electron chi connectivity index (χ0n) is 7.19. The van der Waals surface area contributed by atoms with Gasteiger partial charge in [0.2, 0.25) is 10.0 Å². The molecule has 1 aromatic heterocycles. The number of aryl methyl sites for hydroxylation is 1. The summed E-state index contributed by atoms with van der Waals surface area (Å²) in [5.74, 6) is 0.702. The third-order valence-corrected chi connectivity index (χ3v) is 3.32. The van der Waals surface area contributed by atoms with Crippen molar-refractivity contribution in [1.82, 2.24) is 8.96 Å². The van der Waals surface area contributed by atoms with Gasteiger partial charge >= 0.3 is 0 Å². The Bertz CT molecular complexity index is 353. The Morgan fingerprint density at radius 3 is 2.67 bits per heavy atom. The van der Waals surface area contributed by atoms with Gasteiger partial charge in [0, 0.05) is 18.8 Å². The van der Waals surface area contributed by atoms with E-state index >= 15 is 0 Å². The zero-order chi connectivity index (χ0) is 9.19. The maximum atomic E-state index is 11.4. The van der Waals surface area contributed by atoms with Gasteiger partial charge in [0.25, 0.3) is 0 Å². The second-order valence-electron chi connectivity index (χ2n) is 2.39. The number of nitrogens with zero attached hydrogens (tertiary/aromatic N) is 2. The van der Waals surface area contributed by atoms with Gasteiger partial charge in [-0.2, -0.15) is 0 Å². The van der Waals surface area contributed by atoms with Gasteiger partial charge in [-0.25, -0.2) is 17.4 Å². The molecular weight excluding hydrogens is 176 g/mol. The van der Waals surface area contributed by atoms with Crippen molar-refractivity contribution in [1.29, 1.82) is 0 Å². The van der Waals surface area contributed by atoms with Crippen LogP contribution >= 0.6 is 0 Å². The second kappa shape index (κ2) is 3.26. The lowest BCUT2D eigenvalue weighted by molar-refractivity contribution is 0.586. The Morgan fingerprint density at radius 2 is 2.17 bits per heavy atom. The van der Waals surface area contributed by atoms with E-state index in [0.29, 0.717) is 12.2 Å². The van der Waals surface area contributed by atoms with Gasteiger partial charge in [0.05, 0.1) is 5.75 Å². The van der Waals surface area contributed by atoms with Crippen molar-refractivity contribution in [3.63, 3.8) is 0 Å². The lowest BCUT2D eigenvalue weighted by Crippen LogP contribution is -2.16. The molecule has 0 aromatic carbocycles. The lowest BCUT2D eigenvalue weighted by atomic mass is 10.5. The van der Waals surface area contributed by atoms with E-state index in [1.807, 2.05) is 6.92 Å². The minimum atomic E-state index is -3.14. The summed E-state index contributed by atoms with van der Waals surface area (Å²) >= 11 is 0. The average molecular weight is 188 g/mol. The molecule has 1 rings (SSSR count). The summed E-state index contributed by atoms with van der Waals surface area (Å²) in [6, 6.07) is 0. The van der Waals surface area contributed by atoms with E-state index in [0.717, 1.165) is 0 Å². The van der Waals surface area contributed by atoms with E-state index in [-0.39, 0.29) is 5.75 Å². The minimum Gasteiger partial charge on any atom is -0.241 e. The molecule has 0 aliphatic carbocycles. The van der Waals surface area contributed by atoms with Gasteiger partial charge in [0.15, 0.2) is 0 Å². The van der Waals surface area contributed by atoms with Crippen LogP contribution in [0.5, 0.6) is 0 Å². The van der Waals surface area contributed by atoms with Crippen LogP contribution < -0.4 is 0 Å². The maximum absolute atomic E-state index is 11.4. The molecule has 0 saturated heterocycles. The largest absolute Gasteiger partial charge is 0.241 e. The third-order valence-electron chi connectivity index (χ3n) is 1.66. The van der Waals surface area contributed by atoms with Crippen LogP contribution in [-0.2, 0) is 16.4 Å². The summed E-state index contributed by atoms with van der Waals surface area (Å²) in [7, 11) is -3.14. The van der Waals surface area contributed by atoms with Gasteiger partial charge in [-0.15, -0.1) is 0 Å². The first-order chi connectivity index (χ1) is 5.61. The van der Waals surface area contributed by atoms with Crippen LogP contribution in [-0.4, -0.2) is 23.1 Å². The topological polar surface area (TPSA) is 52.0 Å². The van der Waals surface area contributed by atoms with Crippen LogP contribution in [0.3, 0.4) is 0 Å². The predicted octanol–water partition coefficient (Wildman–Crippen LogP) is 0.643. The van der Waals surface area contributed by atoms with Gasteiger partial charge < -0.3 is 0 Å². The van der Waals surface area contributed by atoms with E-state index < -0.39 is 10.0 Å². The van der Waals surface area contributed by atoms with Gasteiger partial charge in [-0.05, 0) is 6.92 Å². The highest BCUT2D eigenvalue weighted by atomic mass is 32.2. The van der Waals surface area contributed by atoms with Crippen molar-refractivity contribution in [2.45, 2.75) is 20.3 Å². The highest BCUT2D eigenvalue weighted by molar-refractivity contribution is 7.89. The van der Waals surface area contributed by atoms with Crippen LogP contribution in [0.2, 0.25) is 0 Å². The summed E-state index contributed by atoms with van der Waals surface area (Å²) < 4.78 is 24.0. The quantitative estimate of drug-likeness (QED) is 0.699. The molecule has 5 heteroatoms. The molecule has 4 nitrogen and oxygen atoms in total. The number of hydrogen-bond acceptors (Lipinski definition) is 3. The lowest BCUT2D eigenvalue weighted by Gasteiger charge is -2.04. The standard InChI is InChI=1S/C7H12N2O2S/c1-3-7-8-5-6-9(7)12(10,11)4-2/h5-6H,3-4H2,1-2H3. The average Bonchev–Trinajstić information content (AvgIpc) is 2.52. The number of imidazole rings is 1. The summed E-state index contributed by atoms with van der Waals surface area (Å²) in [4.78, 5) is 3.93. The fraction of sp³-hybridized carbons (Fsp3) is 0.571. The summed E-state index contributed by atoms with van der Waals surface area (Å²) in [6.07, 6.45) is 3.62. The van der Waals surface area contributed by atoms with Crippen molar-refractivity contribution in [2.75, 3.05) is 5.75 Å². The molecule has 0 atom stereocenters. The molecule has 0 bridgehead atoms. The molecule has 0 aliphatic heterocycles. The van der Waals surface area contributed by atoms with Crippen molar-refractivity contribution in [2.24, 2.45) is 0 Å². The summed E-state index contributed by atoms with van der Waals surface area (Å²) in [5, 5.41) is 0. The molecule has 0 fully saturated rings. The molecule has 0 N–H and O–H groups in total. The van der Waals surface area contributed by atoms with E-state index in [1.54, 1.807) is 6.92 Å². The number of aromatic nitrogens is 2. The monoisotopic (exact) mass is 188 g/mol. The Hall–Kier alpha value is -0.840. The van der Waals surface area contributed by atoms with Crippen molar-refractivity contribution < 1.29 is 8.42 Å². The van der Waals surface area contributed by atoms with Gasteiger partial charge in [-0.1, -0.05) is 6.92 Å². The smallest absolute Gasteiger partial charge is 0.239 e. The second-order valence-corrected chi connectivity index (χ2v) is 4.53. The van der Waals surface area contributed by atoms with Crippen LogP contribution in [0, 0.1) is 0 Å². The first kappa shape index (κ1) is 9.25. The molecule has 0 spiro atoms. The third kappa shape index (κ3) is 1.50. The molecule has 12 heavy (non-hydrogen) atoms. The van der Waals surface area contributed by atoms with Crippen molar-refractivity contribution in [3.8, 4) is 0 Å². The molecule has 68 valence electrons. The fourth-order valence-electron chi connectivity index (χ4n) is 0.962. The van der Waals surface area contributed by atoms with E-state index in [1.165, 1.54) is 16.4 Å². The SMILES string of the molecule is CCc1nccn1S(=O)(=O)CC. The maximum Gasteiger partial charge on any atom is 0.239 e.